The number of amides is 1. The van der Waals surface area contributed by atoms with Crippen LogP contribution in [0.5, 0.6) is 5.75 Å². The van der Waals surface area contributed by atoms with E-state index in [9.17, 15) is 9.18 Å². The lowest BCUT2D eigenvalue weighted by Crippen LogP contribution is -2.40. The number of carbonyl (C=O) groups is 1. The maximum Gasteiger partial charge on any atom is 0.276 e. The molecule has 140 valence electrons. The maximum absolute atomic E-state index is 13.4. The van der Waals surface area contributed by atoms with Crippen LogP contribution in [0.25, 0.3) is 0 Å². The summed E-state index contributed by atoms with van der Waals surface area (Å²) in [5, 5.41) is 4.43. The zero-order chi connectivity index (χ0) is 19.2. The summed E-state index contributed by atoms with van der Waals surface area (Å²) in [4.78, 5) is 14.3. The maximum atomic E-state index is 13.4. The average Bonchev–Trinajstić information content (AvgIpc) is 3.13. The molecule has 0 radical (unpaired) electrons. The predicted octanol–water partition coefficient (Wildman–Crippen LogP) is 4.29. The Morgan fingerprint density at radius 2 is 1.81 bits per heavy atom. The number of nitrogens with zero attached hydrogens (tertiary/aromatic N) is 3. The smallest absolute Gasteiger partial charge is 0.276 e. The molecule has 1 aliphatic heterocycles. The predicted molar refractivity (Wildman–Crippen MR) is 102 cm³/mol. The van der Waals surface area contributed by atoms with Crippen molar-refractivity contribution in [3.63, 3.8) is 0 Å². The van der Waals surface area contributed by atoms with Gasteiger partial charge in [-0.3, -0.25) is 9.48 Å². The highest BCUT2D eigenvalue weighted by Crippen LogP contribution is 2.22. The van der Waals surface area contributed by atoms with Gasteiger partial charge in [-0.1, -0.05) is 38.1 Å². The first-order valence-electron chi connectivity index (χ1n) is 9.03. The fourth-order valence-corrected chi connectivity index (χ4v) is 2.88. The molecular formula is C21H22FN3O2. The molecule has 0 fully saturated rings. The van der Waals surface area contributed by atoms with E-state index >= 15 is 0 Å². The molecule has 0 spiro atoms. The van der Waals surface area contributed by atoms with Crippen molar-refractivity contribution in [3.05, 3.63) is 77.9 Å². The molecule has 6 heteroatoms. The third-order valence-electron chi connectivity index (χ3n) is 4.08. The quantitative estimate of drug-likeness (QED) is 0.691. The second-order valence-electron chi connectivity index (χ2n) is 5.78. The number of para-hydroxylation sites is 1. The van der Waals surface area contributed by atoms with Crippen LogP contribution >= 0.6 is 0 Å². The molecule has 0 N–H and O–H groups in total. The molecule has 2 heterocycles. The van der Waals surface area contributed by atoms with Gasteiger partial charge in [0.05, 0.1) is 6.54 Å². The molecule has 5 nitrogen and oxygen atoms in total. The minimum atomic E-state index is -0.360. The molecule has 27 heavy (non-hydrogen) atoms. The minimum absolute atomic E-state index is 0.185. The van der Waals surface area contributed by atoms with Crippen molar-refractivity contribution in [3.8, 4) is 5.75 Å². The van der Waals surface area contributed by atoms with Crippen LogP contribution in [0, 0.1) is 5.82 Å². The Morgan fingerprint density at radius 3 is 2.56 bits per heavy atom. The standard InChI is InChI=1S/C19H16FN3O2.C2H6/c20-14-5-4-6-16(11-14)22-9-10-23-18(19(22)24)12-15(21-23)13-25-17-7-2-1-3-8-17;1-2/h1-8,11-12H,9-10,13H2;1-2H3. The second-order valence-corrected chi connectivity index (χ2v) is 5.78. The molecule has 0 saturated carbocycles. The topological polar surface area (TPSA) is 47.4 Å². The van der Waals surface area contributed by atoms with Crippen LogP contribution in [0.2, 0.25) is 0 Å². The van der Waals surface area contributed by atoms with Gasteiger partial charge in [0.15, 0.2) is 0 Å². The van der Waals surface area contributed by atoms with Crippen LogP contribution in [0.3, 0.4) is 0 Å². The zero-order valence-corrected chi connectivity index (χ0v) is 15.4. The van der Waals surface area contributed by atoms with Crippen LogP contribution < -0.4 is 9.64 Å². The molecule has 0 atom stereocenters. The van der Waals surface area contributed by atoms with Gasteiger partial charge in [-0.05, 0) is 36.4 Å². The molecule has 2 aromatic carbocycles. The third-order valence-corrected chi connectivity index (χ3v) is 4.08. The summed E-state index contributed by atoms with van der Waals surface area (Å²) in [5.74, 6) is 0.206. The number of rotatable bonds is 4. The number of ether oxygens (including phenoxy) is 1. The summed E-state index contributed by atoms with van der Waals surface area (Å²) >= 11 is 0. The fraction of sp³-hybridized carbons (Fsp3) is 0.238. The Balaban J connectivity index is 0.00000102. The number of hydrogen-bond acceptors (Lipinski definition) is 3. The summed E-state index contributed by atoms with van der Waals surface area (Å²) in [6.07, 6.45) is 0. The van der Waals surface area contributed by atoms with Crippen molar-refractivity contribution in [2.45, 2.75) is 27.0 Å². The SMILES string of the molecule is CC.O=C1c2cc(COc3ccccc3)nn2CCN1c1cccc(F)c1. The van der Waals surface area contributed by atoms with Gasteiger partial charge < -0.3 is 9.64 Å². The normalized spacial score (nSPS) is 12.9. The fourth-order valence-electron chi connectivity index (χ4n) is 2.88. The highest BCUT2D eigenvalue weighted by molar-refractivity contribution is 6.05. The molecule has 4 rings (SSSR count). The van der Waals surface area contributed by atoms with Gasteiger partial charge in [0.2, 0.25) is 0 Å². The lowest BCUT2D eigenvalue weighted by atomic mass is 10.2. The molecule has 0 aliphatic carbocycles. The number of hydrogen-bond donors (Lipinski definition) is 0. The average molecular weight is 367 g/mol. The van der Waals surface area contributed by atoms with Crippen molar-refractivity contribution >= 4 is 11.6 Å². The number of benzene rings is 2. The van der Waals surface area contributed by atoms with Crippen LogP contribution in [0.4, 0.5) is 10.1 Å². The van der Waals surface area contributed by atoms with Crippen molar-refractivity contribution in [2.75, 3.05) is 11.4 Å². The number of fused-ring (bicyclic) bond motifs is 1. The summed E-state index contributed by atoms with van der Waals surface area (Å²) in [5.41, 5.74) is 1.73. The zero-order valence-electron chi connectivity index (χ0n) is 15.4. The first kappa shape index (κ1) is 18.6. The molecule has 3 aromatic rings. The van der Waals surface area contributed by atoms with E-state index < -0.39 is 0 Å². The van der Waals surface area contributed by atoms with Gasteiger partial charge in [-0.25, -0.2) is 4.39 Å². The molecule has 0 saturated heterocycles. The molecule has 1 aliphatic rings. The van der Waals surface area contributed by atoms with E-state index in [1.54, 1.807) is 27.8 Å². The summed E-state index contributed by atoms with van der Waals surface area (Å²) in [6, 6.07) is 17.2. The Bertz CT molecular complexity index is 909. The van der Waals surface area contributed by atoms with E-state index in [2.05, 4.69) is 5.10 Å². The summed E-state index contributed by atoms with van der Waals surface area (Å²) in [7, 11) is 0. The monoisotopic (exact) mass is 367 g/mol. The Labute approximate surface area is 158 Å². The Hall–Kier alpha value is -3.15. The molecular weight excluding hydrogens is 345 g/mol. The minimum Gasteiger partial charge on any atom is -0.487 e. The van der Waals surface area contributed by atoms with Gasteiger partial charge in [-0.15, -0.1) is 0 Å². The van der Waals surface area contributed by atoms with Gasteiger partial charge in [0.1, 0.15) is 29.6 Å². The number of aromatic nitrogens is 2. The number of halogens is 1. The lowest BCUT2D eigenvalue weighted by Gasteiger charge is -2.27. The van der Waals surface area contributed by atoms with E-state index in [0.717, 1.165) is 5.75 Å². The summed E-state index contributed by atoms with van der Waals surface area (Å²) in [6.45, 7) is 5.30. The van der Waals surface area contributed by atoms with Gasteiger partial charge in [0.25, 0.3) is 5.91 Å². The van der Waals surface area contributed by atoms with E-state index in [1.807, 2.05) is 44.2 Å². The van der Waals surface area contributed by atoms with Crippen molar-refractivity contribution in [1.82, 2.24) is 9.78 Å². The first-order chi connectivity index (χ1) is 13.2. The van der Waals surface area contributed by atoms with Crippen molar-refractivity contribution in [1.29, 1.82) is 0 Å². The van der Waals surface area contributed by atoms with Gasteiger partial charge in [-0.2, -0.15) is 5.10 Å². The van der Waals surface area contributed by atoms with Crippen molar-refractivity contribution in [2.24, 2.45) is 0 Å². The molecule has 1 amide bonds. The van der Waals surface area contributed by atoms with Gasteiger partial charge in [0, 0.05) is 12.2 Å². The number of anilines is 1. The van der Waals surface area contributed by atoms with Crippen LogP contribution in [-0.4, -0.2) is 22.2 Å². The van der Waals surface area contributed by atoms with E-state index in [0.29, 0.717) is 30.2 Å². The van der Waals surface area contributed by atoms with Crippen LogP contribution in [0.15, 0.2) is 60.7 Å². The largest absolute Gasteiger partial charge is 0.487 e. The highest BCUT2D eigenvalue weighted by Gasteiger charge is 2.27. The van der Waals surface area contributed by atoms with Crippen LogP contribution in [-0.2, 0) is 13.2 Å². The summed E-state index contributed by atoms with van der Waals surface area (Å²) < 4.78 is 20.8. The van der Waals surface area contributed by atoms with Crippen molar-refractivity contribution < 1.29 is 13.9 Å². The third kappa shape index (κ3) is 4.16. The van der Waals surface area contributed by atoms with E-state index in [4.69, 9.17) is 4.74 Å². The van der Waals surface area contributed by atoms with E-state index in [-0.39, 0.29) is 18.3 Å². The molecule has 0 bridgehead atoms. The lowest BCUT2D eigenvalue weighted by molar-refractivity contribution is 0.0962. The Kier molecular flexibility index (Phi) is 5.86. The molecule has 1 aromatic heterocycles. The van der Waals surface area contributed by atoms with Crippen LogP contribution in [0.1, 0.15) is 30.0 Å². The number of carbonyl (C=O) groups excluding carboxylic acids is 1. The first-order valence-corrected chi connectivity index (χ1v) is 9.03. The van der Waals surface area contributed by atoms with E-state index in [1.165, 1.54) is 12.1 Å². The molecule has 0 unspecified atom stereocenters. The highest BCUT2D eigenvalue weighted by atomic mass is 19.1. The second kappa shape index (κ2) is 8.49. The Morgan fingerprint density at radius 1 is 1.04 bits per heavy atom. The van der Waals surface area contributed by atoms with Gasteiger partial charge >= 0.3 is 0 Å².